The predicted octanol–water partition coefficient (Wildman–Crippen LogP) is 9.54. The zero-order chi connectivity index (χ0) is 21.4. The summed E-state index contributed by atoms with van der Waals surface area (Å²) in [6.45, 7) is 6.74. The van der Waals surface area contributed by atoms with Crippen LogP contribution in [0.2, 0.25) is 0 Å². The topological polar surface area (TPSA) is 26.3 Å². The van der Waals surface area contributed by atoms with Crippen molar-refractivity contribution in [3.63, 3.8) is 0 Å². The summed E-state index contributed by atoms with van der Waals surface area (Å²) in [5.74, 6) is 0.0473. The van der Waals surface area contributed by atoms with Crippen molar-refractivity contribution in [3.05, 3.63) is 0 Å². The standard InChI is InChI=1S/C27H54O2/c1-4-7-10-11-12-13-14-15-16-17-18-19-22-25-27(28)29-26(23-20-8-5-2)24-21-9-6-3/h26H,4-25H2,1-3H3. The maximum absolute atomic E-state index is 12.2. The third-order valence-electron chi connectivity index (χ3n) is 6.04. The quantitative estimate of drug-likeness (QED) is 0.124. The third-order valence-corrected chi connectivity index (χ3v) is 6.04. The molecular formula is C27H54O2. The summed E-state index contributed by atoms with van der Waals surface area (Å²) in [5.41, 5.74) is 0. The Kier molecular flexibility index (Phi) is 23.3. The van der Waals surface area contributed by atoms with Gasteiger partial charge in [-0.1, -0.05) is 124 Å². The number of ether oxygens (including phenoxy) is 1. The first-order valence-corrected chi connectivity index (χ1v) is 13.4. The smallest absolute Gasteiger partial charge is 0.306 e. The lowest BCUT2D eigenvalue weighted by atomic mass is 10.0. The average Bonchev–Trinajstić information content (AvgIpc) is 2.71. The van der Waals surface area contributed by atoms with E-state index in [1.165, 1.54) is 116 Å². The summed E-state index contributed by atoms with van der Waals surface area (Å²) in [6.07, 6.45) is 27.7. The maximum Gasteiger partial charge on any atom is 0.306 e. The Morgan fingerprint density at radius 3 is 1.28 bits per heavy atom. The molecule has 0 heterocycles. The lowest BCUT2D eigenvalue weighted by Gasteiger charge is -2.18. The molecule has 0 spiro atoms. The van der Waals surface area contributed by atoms with E-state index in [9.17, 15) is 4.79 Å². The number of esters is 1. The minimum atomic E-state index is 0.0473. The highest BCUT2D eigenvalue weighted by Crippen LogP contribution is 2.17. The van der Waals surface area contributed by atoms with Crippen molar-refractivity contribution in [2.24, 2.45) is 0 Å². The van der Waals surface area contributed by atoms with Crippen LogP contribution in [-0.4, -0.2) is 12.1 Å². The lowest BCUT2D eigenvalue weighted by molar-refractivity contribution is -0.150. The normalized spacial score (nSPS) is 11.3. The van der Waals surface area contributed by atoms with Gasteiger partial charge in [0.2, 0.25) is 0 Å². The van der Waals surface area contributed by atoms with Gasteiger partial charge in [0, 0.05) is 6.42 Å². The molecule has 2 nitrogen and oxygen atoms in total. The second-order valence-corrected chi connectivity index (χ2v) is 9.10. The van der Waals surface area contributed by atoms with Gasteiger partial charge < -0.3 is 4.74 Å². The third kappa shape index (κ3) is 22.0. The zero-order valence-electron chi connectivity index (χ0n) is 20.5. The molecule has 174 valence electrons. The van der Waals surface area contributed by atoms with Gasteiger partial charge in [-0.2, -0.15) is 0 Å². The predicted molar refractivity (Wildman–Crippen MR) is 128 cm³/mol. The summed E-state index contributed by atoms with van der Waals surface area (Å²) in [5, 5.41) is 0. The van der Waals surface area contributed by atoms with E-state index in [-0.39, 0.29) is 12.1 Å². The fourth-order valence-corrected chi connectivity index (χ4v) is 4.04. The molecule has 0 aliphatic rings. The van der Waals surface area contributed by atoms with Gasteiger partial charge in [0.15, 0.2) is 0 Å². The molecule has 0 aromatic heterocycles. The van der Waals surface area contributed by atoms with Gasteiger partial charge in [-0.3, -0.25) is 4.79 Å². The van der Waals surface area contributed by atoms with Gasteiger partial charge in [0.25, 0.3) is 0 Å². The van der Waals surface area contributed by atoms with E-state index in [0.29, 0.717) is 6.42 Å². The van der Waals surface area contributed by atoms with Crippen LogP contribution in [0.5, 0.6) is 0 Å². The Bertz CT molecular complexity index is 316. The number of hydrogen-bond acceptors (Lipinski definition) is 2. The van der Waals surface area contributed by atoms with E-state index in [1.54, 1.807) is 0 Å². The molecular weight excluding hydrogens is 356 g/mol. The molecule has 29 heavy (non-hydrogen) atoms. The largest absolute Gasteiger partial charge is 0.462 e. The van der Waals surface area contributed by atoms with Crippen LogP contribution >= 0.6 is 0 Å². The van der Waals surface area contributed by atoms with Crippen molar-refractivity contribution < 1.29 is 9.53 Å². The second kappa shape index (κ2) is 23.7. The Morgan fingerprint density at radius 2 is 0.862 bits per heavy atom. The Hall–Kier alpha value is -0.530. The molecule has 0 aromatic carbocycles. The van der Waals surface area contributed by atoms with Crippen LogP contribution < -0.4 is 0 Å². The number of carbonyl (C=O) groups is 1. The van der Waals surface area contributed by atoms with Crippen LogP contribution in [-0.2, 0) is 9.53 Å². The van der Waals surface area contributed by atoms with Crippen molar-refractivity contribution in [1.82, 2.24) is 0 Å². The lowest BCUT2D eigenvalue weighted by Crippen LogP contribution is -2.18. The summed E-state index contributed by atoms with van der Waals surface area (Å²) < 4.78 is 5.81. The average molecular weight is 411 g/mol. The van der Waals surface area contributed by atoms with E-state index >= 15 is 0 Å². The van der Waals surface area contributed by atoms with E-state index in [0.717, 1.165) is 19.3 Å². The van der Waals surface area contributed by atoms with E-state index in [2.05, 4.69) is 20.8 Å². The van der Waals surface area contributed by atoms with Crippen molar-refractivity contribution in [1.29, 1.82) is 0 Å². The molecule has 0 amide bonds. The van der Waals surface area contributed by atoms with Crippen LogP contribution in [0, 0.1) is 0 Å². The molecule has 0 atom stereocenters. The maximum atomic E-state index is 12.2. The minimum absolute atomic E-state index is 0.0473. The minimum Gasteiger partial charge on any atom is -0.462 e. The summed E-state index contributed by atoms with van der Waals surface area (Å²) in [6, 6.07) is 0. The van der Waals surface area contributed by atoms with Crippen LogP contribution in [0.1, 0.15) is 162 Å². The first-order valence-electron chi connectivity index (χ1n) is 13.4. The molecule has 0 aliphatic carbocycles. The SMILES string of the molecule is CCCCCCCCCCCCCCCC(=O)OC(CCCCC)CCCCC. The van der Waals surface area contributed by atoms with Crippen molar-refractivity contribution in [2.45, 2.75) is 168 Å². The first kappa shape index (κ1) is 28.5. The van der Waals surface area contributed by atoms with Crippen LogP contribution in [0.15, 0.2) is 0 Å². The second-order valence-electron chi connectivity index (χ2n) is 9.10. The van der Waals surface area contributed by atoms with Gasteiger partial charge in [-0.15, -0.1) is 0 Å². The number of unbranched alkanes of at least 4 members (excludes halogenated alkanes) is 16. The molecule has 0 aliphatic heterocycles. The van der Waals surface area contributed by atoms with Gasteiger partial charge >= 0.3 is 5.97 Å². The molecule has 0 unspecified atom stereocenters. The van der Waals surface area contributed by atoms with E-state index in [4.69, 9.17) is 4.74 Å². The molecule has 0 fully saturated rings. The fraction of sp³-hybridized carbons (Fsp3) is 0.963. The highest BCUT2D eigenvalue weighted by Gasteiger charge is 2.13. The molecule has 0 bridgehead atoms. The summed E-state index contributed by atoms with van der Waals surface area (Å²) >= 11 is 0. The van der Waals surface area contributed by atoms with Crippen molar-refractivity contribution in [2.75, 3.05) is 0 Å². The number of hydrogen-bond donors (Lipinski definition) is 0. The van der Waals surface area contributed by atoms with E-state index in [1.807, 2.05) is 0 Å². The van der Waals surface area contributed by atoms with Gasteiger partial charge in [0.1, 0.15) is 6.10 Å². The van der Waals surface area contributed by atoms with Crippen molar-refractivity contribution >= 4 is 5.97 Å². The molecule has 2 heteroatoms. The first-order chi connectivity index (χ1) is 14.2. The number of carbonyl (C=O) groups excluding carboxylic acids is 1. The zero-order valence-corrected chi connectivity index (χ0v) is 20.5. The molecule has 0 saturated heterocycles. The molecule has 0 rings (SSSR count). The Morgan fingerprint density at radius 1 is 0.517 bits per heavy atom. The summed E-state index contributed by atoms with van der Waals surface area (Å²) in [4.78, 5) is 12.2. The molecule has 0 saturated carbocycles. The highest BCUT2D eigenvalue weighted by molar-refractivity contribution is 5.69. The Labute approximate surface area is 184 Å². The Balaban J connectivity index is 3.57. The fourth-order valence-electron chi connectivity index (χ4n) is 4.04. The molecule has 0 radical (unpaired) electrons. The summed E-state index contributed by atoms with van der Waals surface area (Å²) in [7, 11) is 0. The molecule has 0 N–H and O–H groups in total. The van der Waals surface area contributed by atoms with Gasteiger partial charge in [-0.05, 0) is 32.1 Å². The van der Waals surface area contributed by atoms with Crippen LogP contribution in [0.3, 0.4) is 0 Å². The molecule has 0 aromatic rings. The van der Waals surface area contributed by atoms with Crippen LogP contribution in [0.4, 0.5) is 0 Å². The van der Waals surface area contributed by atoms with Gasteiger partial charge in [0.05, 0.1) is 0 Å². The monoisotopic (exact) mass is 410 g/mol. The number of rotatable bonds is 23. The van der Waals surface area contributed by atoms with Crippen LogP contribution in [0.25, 0.3) is 0 Å². The van der Waals surface area contributed by atoms with Gasteiger partial charge in [-0.25, -0.2) is 0 Å². The van der Waals surface area contributed by atoms with E-state index < -0.39 is 0 Å². The highest BCUT2D eigenvalue weighted by atomic mass is 16.5. The van der Waals surface area contributed by atoms with Crippen molar-refractivity contribution in [3.8, 4) is 0 Å².